The van der Waals surface area contributed by atoms with Crippen molar-refractivity contribution in [3.05, 3.63) is 18.2 Å². The van der Waals surface area contributed by atoms with E-state index in [1.54, 1.807) is 0 Å². The number of hydrogen-bond donors (Lipinski definition) is 1. The van der Waals surface area contributed by atoms with Gasteiger partial charge in [-0.2, -0.15) is 0 Å². The fourth-order valence-corrected chi connectivity index (χ4v) is 2.47. The van der Waals surface area contributed by atoms with E-state index in [0.717, 1.165) is 5.82 Å². The zero-order valence-corrected chi connectivity index (χ0v) is 9.48. The number of nitrogens with two attached hydrogens (primary N) is 1. The lowest BCUT2D eigenvalue weighted by atomic mass is 10.1. The Bertz CT molecular complexity index is 337. The highest BCUT2D eigenvalue weighted by atomic mass is 15.3. The quantitative estimate of drug-likeness (QED) is 0.806. The number of anilines is 2. The fraction of sp³-hybridized carbons (Fsp3) is 0.583. The first-order valence-corrected chi connectivity index (χ1v) is 5.73. The third-order valence-corrected chi connectivity index (χ3v) is 3.28. The van der Waals surface area contributed by atoms with Crippen molar-refractivity contribution in [3.8, 4) is 0 Å². The number of nitrogen functional groups attached to an aromatic ring is 1. The Balaban J connectivity index is 2.28. The summed E-state index contributed by atoms with van der Waals surface area (Å²) in [6.07, 6.45) is 3.71. The molecule has 0 radical (unpaired) electrons. The fourth-order valence-electron chi connectivity index (χ4n) is 2.47. The maximum atomic E-state index is 5.72. The molecule has 2 atom stereocenters. The van der Waals surface area contributed by atoms with Crippen LogP contribution in [0.2, 0.25) is 0 Å². The van der Waals surface area contributed by atoms with Gasteiger partial charge in [-0.05, 0) is 38.3 Å². The predicted octanol–water partition coefficient (Wildman–Crippen LogP) is 2.43. The minimum absolute atomic E-state index is 0.587. The molecule has 1 aliphatic heterocycles. The lowest BCUT2D eigenvalue weighted by Crippen LogP contribution is -2.34. The Morgan fingerprint density at radius 1 is 1.47 bits per heavy atom. The summed E-state index contributed by atoms with van der Waals surface area (Å²) in [4.78, 5) is 6.82. The molecule has 2 rings (SSSR count). The maximum absolute atomic E-state index is 5.72. The van der Waals surface area contributed by atoms with Gasteiger partial charge in [0, 0.05) is 12.1 Å². The van der Waals surface area contributed by atoms with Crippen LogP contribution in [0.25, 0.3) is 0 Å². The van der Waals surface area contributed by atoms with Crippen molar-refractivity contribution in [1.82, 2.24) is 4.98 Å². The molecule has 15 heavy (non-hydrogen) atoms. The van der Waals surface area contributed by atoms with Crippen molar-refractivity contribution in [2.24, 2.45) is 0 Å². The van der Waals surface area contributed by atoms with Gasteiger partial charge < -0.3 is 10.6 Å². The van der Waals surface area contributed by atoms with Gasteiger partial charge in [-0.15, -0.1) is 0 Å². The van der Waals surface area contributed by atoms with Gasteiger partial charge in [-0.3, -0.25) is 0 Å². The van der Waals surface area contributed by atoms with Crippen molar-refractivity contribution in [1.29, 1.82) is 0 Å². The lowest BCUT2D eigenvalue weighted by Gasteiger charge is -2.29. The van der Waals surface area contributed by atoms with E-state index in [9.17, 15) is 0 Å². The number of nitrogens with zero attached hydrogens (tertiary/aromatic N) is 2. The van der Waals surface area contributed by atoms with Crippen molar-refractivity contribution in [2.75, 3.05) is 10.6 Å². The summed E-state index contributed by atoms with van der Waals surface area (Å²) in [6, 6.07) is 7.10. The maximum Gasteiger partial charge on any atom is 0.131 e. The number of aromatic nitrogens is 1. The van der Waals surface area contributed by atoms with Crippen LogP contribution in [-0.2, 0) is 0 Å². The molecule has 2 N–H and O–H groups in total. The lowest BCUT2D eigenvalue weighted by molar-refractivity contribution is 0.621. The van der Waals surface area contributed by atoms with Gasteiger partial charge in [-0.1, -0.05) is 13.0 Å². The summed E-state index contributed by atoms with van der Waals surface area (Å²) < 4.78 is 0. The summed E-state index contributed by atoms with van der Waals surface area (Å²) >= 11 is 0. The first-order valence-electron chi connectivity index (χ1n) is 5.73. The SMILES string of the molecule is CCC1CCC(C)N1c1cccc(N)n1. The summed E-state index contributed by atoms with van der Waals surface area (Å²) in [7, 11) is 0. The normalized spacial score (nSPS) is 25.9. The molecule has 0 spiro atoms. The van der Waals surface area contributed by atoms with Crippen LogP contribution in [0, 0.1) is 0 Å². The third-order valence-electron chi connectivity index (χ3n) is 3.28. The molecule has 3 heteroatoms. The van der Waals surface area contributed by atoms with E-state index in [4.69, 9.17) is 5.73 Å². The second kappa shape index (κ2) is 4.09. The monoisotopic (exact) mass is 205 g/mol. The molecule has 0 aliphatic carbocycles. The van der Waals surface area contributed by atoms with Crippen molar-refractivity contribution < 1.29 is 0 Å². The summed E-state index contributed by atoms with van der Waals surface area (Å²) in [5.74, 6) is 1.65. The van der Waals surface area contributed by atoms with Crippen molar-refractivity contribution in [3.63, 3.8) is 0 Å². The molecular weight excluding hydrogens is 186 g/mol. The summed E-state index contributed by atoms with van der Waals surface area (Å²) in [5.41, 5.74) is 5.72. The van der Waals surface area contributed by atoms with E-state index < -0.39 is 0 Å². The van der Waals surface area contributed by atoms with Crippen LogP contribution in [0.1, 0.15) is 33.1 Å². The van der Waals surface area contributed by atoms with Crippen LogP contribution in [0.4, 0.5) is 11.6 Å². The van der Waals surface area contributed by atoms with E-state index in [0.29, 0.717) is 17.9 Å². The molecule has 0 bridgehead atoms. The van der Waals surface area contributed by atoms with Crippen LogP contribution in [0.15, 0.2) is 18.2 Å². The molecule has 3 nitrogen and oxygen atoms in total. The zero-order valence-electron chi connectivity index (χ0n) is 9.48. The van der Waals surface area contributed by atoms with Crippen LogP contribution >= 0.6 is 0 Å². The van der Waals surface area contributed by atoms with Crippen LogP contribution in [0.3, 0.4) is 0 Å². The summed E-state index contributed by atoms with van der Waals surface area (Å²) in [5, 5.41) is 0. The average molecular weight is 205 g/mol. The molecule has 1 aromatic heterocycles. The molecule has 0 amide bonds. The standard InChI is InChI=1S/C12H19N3/c1-3-10-8-7-9(2)15(10)12-6-4-5-11(13)14-12/h4-6,9-10H,3,7-8H2,1-2H3,(H2,13,14). The van der Waals surface area contributed by atoms with Gasteiger partial charge in [-0.25, -0.2) is 4.98 Å². The van der Waals surface area contributed by atoms with E-state index in [-0.39, 0.29) is 0 Å². The topological polar surface area (TPSA) is 42.1 Å². The minimum atomic E-state index is 0.587. The summed E-state index contributed by atoms with van der Waals surface area (Å²) in [6.45, 7) is 4.50. The van der Waals surface area contributed by atoms with E-state index in [1.165, 1.54) is 19.3 Å². The van der Waals surface area contributed by atoms with Crippen LogP contribution in [0.5, 0.6) is 0 Å². The third kappa shape index (κ3) is 1.91. The molecule has 82 valence electrons. The molecule has 1 fully saturated rings. The van der Waals surface area contributed by atoms with Crippen LogP contribution < -0.4 is 10.6 Å². The van der Waals surface area contributed by atoms with E-state index in [1.807, 2.05) is 12.1 Å². The smallest absolute Gasteiger partial charge is 0.131 e. The zero-order chi connectivity index (χ0) is 10.8. The highest BCUT2D eigenvalue weighted by Crippen LogP contribution is 2.30. The number of hydrogen-bond acceptors (Lipinski definition) is 3. The molecular formula is C12H19N3. The van der Waals surface area contributed by atoms with Gasteiger partial charge in [0.2, 0.25) is 0 Å². The first kappa shape index (κ1) is 10.3. The van der Waals surface area contributed by atoms with E-state index >= 15 is 0 Å². The predicted molar refractivity (Wildman–Crippen MR) is 63.9 cm³/mol. The Hall–Kier alpha value is -1.25. The Kier molecular flexibility index (Phi) is 2.80. The molecule has 1 saturated heterocycles. The minimum Gasteiger partial charge on any atom is -0.384 e. The Morgan fingerprint density at radius 2 is 2.27 bits per heavy atom. The molecule has 2 unspecified atom stereocenters. The van der Waals surface area contributed by atoms with Gasteiger partial charge in [0.25, 0.3) is 0 Å². The second-order valence-corrected chi connectivity index (χ2v) is 4.32. The van der Waals surface area contributed by atoms with Gasteiger partial charge in [0.15, 0.2) is 0 Å². The van der Waals surface area contributed by atoms with Gasteiger partial charge >= 0.3 is 0 Å². The molecule has 1 aliphatic rings. The average Bonchev–Trinajstić information content (AvgIpc) is 2.59. The first-order chi connectivity index (χ1) is 7.22. The van der Waals surface area contributed by atoms with Crippen molar-refractivity contribution in [2.45, 2.75) is 45.2 Å². The molecule has 0 aromatic carbocycles. The second-order valence-electron chi connectivity index (χ2n) is 4.32. The van der Waals surface area contributed by atoms with Crippen molar-refractivity contribution >= 4 is 11.6 Å². The Morgan fingerprint density at radius 3 is 2.93 bits per heavy atom. The number of rotatable bonds is 2. The van der Waals surface area contributed by atoms with Gasteiger partial charge in [0.05, 0.1) is 0 Å². The molecule has 0 saturated carbocycles. The number of pyridine rings is 1. The molecule has 1 aromatic rings. The highest BCUT2D eigenvalue weighted by Gasteiger charge is 2.29. The van der Waals surface area contributed by atoms with Crippen LogP contribution in [-0.4, -0.2) is 17.1 Å². The Labute approximate surface area is 91.3 Å². The highest BCUT2D eigenvalue weighted by molar-refractivity contribution is 5.47. The largest absolute Gasteiger partial charge is 0.384 e. The van der Waals surface area contributed by atoms with Gasteiger partial charge in [0.1, 0.15) is 11.6 Å². The van der Waals surface area contributed by atoms with E-state index in [2.05, 4.69) is 29.8 Å². The molecule has 2 heterocycles.